The molecule has 0 aromatic heterocycles. The Bertz CT molecular complexity index is 37.3. The summed E-state index contributed by atoms with van der Waals surface area (Å²) in [7, 11) is 0. The summed E-state index contributed by atoms with van der Waals surface area (Å²) in [5, 5.41) is 0. The van der Waals surface area contributed by atoms with Gasteiger partial charge in [0.05, 0.1) is 0 Å². The van der Waals surface area contributed by atoms with Crippen molar-refractivity contribution < 1.29 is 20.2 Å². The zero-order valence-corrected chi connectivity index (χ0v) is 5.37. The summed E-state index contributed by atoms with van der Waals surface area (Å²) in [6.45, 7) is 5.88. The SMILES string of the molecule is CC(C)(C)[O][Fe]. The molecule has 0 N–H and O–H groups in total. The molecule has 0 bridgehead atoms. The van der Waals surface area contributed by atoms with Gasteiger partial charge in [-0.2, -0.15) is 0 Å². The predicted molar refractivity (Wildman–Crippen MR) is 20.8 cm³/mol. The van der Waals surface area contributed by atoms with E-state index < -0.39 is 0 Å². The van der Waals surface area contributed by atoms with E-state index in [9.17, 15) is 0 Å². The topological polar surface area (TPSA) is 9.23 Å². The molecule has 0 saturated carbocycles. The fourth-order valence-electron chi connectivity index (χ4n) is 0. The molecule has 0 fully saturated rings. The molecule has 0 saturated heterocycles. The van der Waals surface area contributed by atoms with Crippen molar-refractivity contribution in [2.75, 3.05) is 0 Å². The summed E-state index contributed by atoms with van der Waals surface area (Å²) in [6.07, 6.45) is 0. The molecule has 0 rings (SSSR count). The van der Waals surface area contributed by atoms with Crippen LogP contribution in [0.3, 0.4) is 0 Å². The van der Waals surface area contributed by atoms with E-state index in [-0.39, 0.29) is 5.60 Å². The van der Waals surface area contributed by atoms with E-state index in [0.717, 1.165) is 0 Å². The third-order valence-electron chi connectivity index (χ3n) is 0.217. The second kappa shape index (κ2) is 1.97. The molecule has 0 aliphatic rings. The third kappa shape index (κ3) is 4.48. The maximum absolute atomic E-state index is 4.69. The van der Waals surface area contributed by atoms with Crippen LogP contribution < -0.4 is 0 Å². The van der Waals surface area contributed by atoms with Gasteiger partial charge in [-0.3, -0.25) is 0 Å². The standard InChI is InChI=1S/C4H9O.Fe/c1-4(2,3)5;/h1-3H3;/q-1;+1. The fourth-order valence-corrected chi connectivity index (χ4v) is 0. The average molecular weight is 129 g/mol. The van der Waals surface area contributed by atoms with Crippen molar-refractivity contribution in [3.8, 4) is 0 Å². The Morgan fingerprint density at radius 3 is 1.50 bits per heavy atom. The van der Waals surface area contributed by atoms with E-state index in [1.165, 1.54) is 0 Å². The molecular weight excluding hydrogens is 120 g/mol. The van der Waals surface area contributed by atoms with Gasteiger partial charge in [-0.15, -0.1) is 0 Å². The predicted octanol–water partition coefficient (Wildman–Crippen LogP) is 1.26. The van der Waals surface area contributed by atoms with Crippen LogP contribution in [0.1, 0.15) is 20.8 Å². The Morgan fingerprint density at radius 2 is 1.50 bits per heavy atom. The molecule has 0 radical (unpaired) electrons. The van der Waals surface area contributed by atoms with Crippen LogP contribution in [0, 0.1) is 0 Å². The molecule has 0 amide bonds. The summed E-state index contributed by atoms with van der Waals surface area (Å²) in [6, 6.07) is 0. The van der Waals surface area contributed by atoms with E-state index >= 15 is 0 Å². The van der Waals surface area contributed by atoms with Gasteiger partial charge < -0.3 is 0 Å². The van der Waals surface area contributed by atoms with Crippen molar-refractivity contribution in [2.24, 2.45) is 0 Å². The molecule has 6 heavy (non-hydrogen) atoms. The number of rotatable bonds is 0. The van der Waals surface area contributed by atoms with Crippen LogP contribution in [0.15, 0.2) is 0 Å². The summed E-state index contributed by atoms with van der Waals surface area (Å²) in [5.41, 5.74) is -0.0694. The van der Waals surface area contributed by atoms with Crippen molar-refractivity contribution in [1.82, 2.24) is 0 Å². The Hall–Kier alpha value is 0.479. The quantitative estimate of drug-likeness (QED) is 0.447. The molecule has 0 spiro atoms. The first kappa shape index (κ1) is 6.48. The van der Waals surface area contributed by atoms with Crippen LogP contribution in [-0.2, 0) is 20.2 Å². The van der Waals surface area contributed by atoms with E-state index in [2.05, 4.69) is 20.2 Å². The molecule has 0 aromatic rings. The average Bonchev–Trinajstić information content (AvgIpc) is 1.35. The minimum absolute atomic E-state index is 0.0694. The first-order valence-corrected chi connectivity index (χ1v) is 2.30. The second-order valence-electron chi connectivity index (χ2n) is 2.18. The van der Waals surface area contributed by atoms with Crippen LogP contribution in [0.2, 0.25) is 0 Å². The van der Waals surface area contributed by atoms with Crippen LogP contribution >= 0.6 is 0 Å². The molecule has 0 aliphatic carbocycles. The van der Waals surface area contributed by atoms with Gasteiger partial charge in [0, 0.05) is 0 Å². The maximum atomic E-state index is 4.69. The number of hydrogen-bond donors (Lipinski definition) is 0. The van der Waals surface area contributed by atoms with Gasteiger partial charge in [0.1, 0.15) is 0 Å². The molecule has 0 heterocycles. The zero-order valence-electron chi connectivity index (χ0n) is 4.26. The van der Waals surface area contributed by atoms with E-state index in [4.69, 9.17) is 0 Å². The molecule has 0 aromatic carbocycles. The summed E-state index contributed by atoms with van der Waals surface area (Å²) in [4.78, 5) is 0. The van der Waals surface area contributed by atoms with Crippen LogP contribution in [0.25, 0.3) is 0 Å². The van der Waals surface area contributed by atoms with E-state index in [1.807, 2.05) is 20.8 Å². The molecule has 0 atom stereocenters. The Morgan fingerprint density at radius 1 is 1.33 bits per heavy atom. The monoisotopic (exact) mass is 129 g/mol. The molecule has 39 valence electrons. The Labute approximate surface area is 47.2 Å². The molecule has 0 unspecified atom stereocenters. The molecule has 2 heteroatoms. The van der Waals surface area contributed by atoms with Gasteiger partial charge in [-0.25, -0.2) is 0 Å². The van der Waals surface area contributed by atoms with Crippen LogP contribution in [-0.4, -0.2) is 5.60 Å². The first-order valence-electron chi connectivity index (χ1n) is 1.85. The van der Waals surface area contributed by atoms with Crippen molar-refractivity contribution in [3.63, 3.8) is 0 Å². The first-order chi connectivity index (χ1) is 2.56. The van der Waals surface area contributed by atoms with Crippen LogP contribution in [0.4, 0.5) is 0 Å². The van der Waals surface area contributed by atoms with Crippen molar-refractivity contribution in [1.29, 1.82) is 0 Å². The number of hydrogen-bond acceptors (Lipinski definition) is 1. The van der Waals surface area contributed by atoms with Gasteiger partial charge in [0.2, 0.25) is 0 Å². The summed E-state index contributed by atoms with van der Waals surface area (Å²) < 4.78 is 4.69. The summed E-state index contributed by atoms with van der Waals surface area (Å²) >= 11 is 3.26. The molecule has 1 nitrogen and oxygen atoms in total. The van der Waals surface area contributed by atoms with Gasteiger partial charge in [0.25, 0.3) is 0 Å². The van der Waals surface area contributed by atoms with Gasteiger partial charge >= 0.3 is 46.5 Å². The third-order valence-corrected chi connectivity index (χ3v) is 0.893. The Balaban J connectivity index is 3.17. The van der Waals surface area contributed by atoms with Crippen molar-refractivity contribution in [2.45, 2.75) is 26.4 Å². The van der Waals surface area contributed by atoms with Gasteiger partial charge in [0.15, 0.2) is 0 Å². The summed E-state index contributed by atoms with van der Waals surface area (Å²) in [5.74, 6) is 0. The molecular formula is C4H9FeO. The zero-order chi connectivity index (χ0) is 5.21. The van der Waals surface area contributed by atoms with Gasteiger partial charge in [-0.05, 0) is 0 Å². The normalized spacial score (nSPS) is 12.0. The van der Waals surface area contributed by atoms with E-state index in [1.54, 1.807) is 0 Å². The Kier molecular flexibility index (Phi) is 2.12. The minimum atomic E-state index is -0.0694. The second-order valence-corrected chi connectivity index (χ2v) is 2.41. The van der Waals surface area contributed by atoms with E-state index in [0.29, 0.717) is 0 Å². The molecule has 0 aliphatic heterocycles. The van der Waals surface area contributed by atoms with Crippen LogP contribution in [0.5, 0.6) is 0 Å². The van der Waals surface area contributed by atoms with Crippen molar-refractivity contribution >= 4 is 0 Å². The van der Waals surface area contributed by atoms with Crippen molar-refractivity contribution in [3.05, 3.63) is 0 Å². The fraction of sp³-hybridized carbons (Fsp3) is 1.00. The van der Waals surface area contributed by atoms with Gasteiger partial charge in [-0.1, -0.05) is 0 Å².